The maximum Gasteiger partial charge on any atom is 0.156 e. The third-order valence-corrected chi connectivity index (χ3v) is 3.73. The Bertz CT molecular complexity index is 837. The molecular weight excluding hydrogens is 331 g/mol. The molecule has 106 valence electrons. The Labute approximate surface area is 136 Å². The summed E-state index contributed by atoms with van der Waals surface area (Å²) in [5, 5.41) is 1.43. The Morgan fingerprint density at radius 1 is 0.857 bits per heavy atom. The van der Waals surface area contributed by atoms with Crippen LogP contribution in [-0.2, 0) is 0 Å². The highest BCUT2D eigenvalue weighted by Gasteiger charge is 2.14. The van der Waals surface area contributed by atoms with Crippen molar-refractivity contribution in [2.24, 2.45) is 0 Å². The number of benzene rings is 2. The van der Waals surface area contributed by atoms with E-state index in [0.29, 0.717) is 38.1 Å². The lowest BCUT2D eigenvalue weighted by Crippen LogP contribution is -1.94. The summed E-state index contributed by atoms with van der Waals surface area (Å²) >= 11 is 18.3. The second kappa shape index (κ2) is 5.68. The SMILES string of the molecule is COc1ccc(Cl)cc1-c1nc2cc(Cl)ccc2nc1Cl. The third-order valence-electron chi connectivity index (χ3n) is 3.00. The monoisotopic (exact) mass is 338 g/mol. The van der Waals surface area contributed by atoms with Gasteiger partial charge in [-0.1, -0.05) is 34.8 Å². The number of aromatic nitrogens is 2. The maximum atomic E-state index is 6.25. The van der Waals surface area contributed by atoms with Crippen LogP contribution in [0, 0.1) is 0 Å². The van der Waals surface area contributed by atoms with E-state index >= 15 is 0 Å². The van der Waals surface area contributed by atoms with Gasteiger partial charge in [0.2, 0.25) is 0 Å². The molecule has 0 atom stereocenters. The van der Waals surface area contributed by atoms with Crippen LogP contribution in [0.2, 0.25) is 15.2 Å². The van der Waals surface area contributed by atoms with E-state index in [1.165, 1.54) is 0 Å². The van der Waals surface area contributed by atoms with Gasteiger partial charge in [0, 0.05) is 15.6 Å². The predicted octanol–water partition coefficient (Wildman–Crippen LogP) is 5.27. The summed E-state index contributed by atoms with van der Waals surface area (Å²) in [5.41, 5.74) is 2.52. The van der Waals surface area contributed by atoms with Crippen molar-refractivity contribution in [3.8, 4) is 17.0 Å². The third kappa shape index (κ3) is 2.77. The summed E-state index contributed by atoms with van der Waals surface area (Å²) in [4.78, 5) is 8.88. The van der Waals surface area contributed by atoms with Gasteiger partial charge in [-0.15, -0.1) is 0 Å². The first-order valence-corrected chi connectivity index (χ1v) is 7.18. The van der Waals surface area contributed by atoms with Gasteiger partial charge in [0.25, 0.3) is 0 Å². The number of hydrogen-bond acceptors (Lipinski definition) is 3. The van der Waals surface area contributed by atoms with Crippen LogP contribution in [-0.4, -0.2) is 17.1 Å². The fourth-order valence-electron chi connectivity index (χ4n) is 2.04. The molecule has 1 aromatic heterocycles. The van der Waals surface area contributed by atoms with Gasteiger partial charge in [0.15, 0.2) is 5.15 Å². The number of methoxy groups -OCH3 is 1. The van der Waals surface area contributed by atoms with Crippen LogP contribution < -0.4 is 4.74 Å². The first-order chi connectivity index (χ1) is 10.1. The Kier molecular flexibility index (Phi) is 3.89. The van der Waals surface area contributed by atoms with E-state index in [0.717, 1.165) is 0 Å². The summed E-state index contributed by atoms with van der Waals surface area (Å²) < 4.78 is 5.33. The lowest BCUT2D eigenvalue weighted by Gasteiger charge is -2.10. The van der Waals surface area contributed by atoms with Gasteiger partial charge in [0.05, 0.1) is 18.1 Å². The standard InChI is InChI=1S/C15H9Cl3N2O/c1-21-13-5-3-8(16)6-10(13)14-15(18)20-11-4-2-9(17)7-12(11)19-14/h2-7H,1H3. The van der Waals surface area contributed by atoms with Crippen molar-refractivity contribution in [3.63, 3.8) is 0 Å². The van der Waals surface area contributed by atoms with Crippen LogP contribution in [0.25, 0.3) is 22.3 Å². The molecule has 0 fully saturated rings. The van der Waals surface area contributed by atoms with Crippen LogP contribution in [0.15, 0.2) is 36.4 Å². The van der Waals surface area contributed by atoms with Gasteiger partial charge in [-0.3, -0.25) is 0 Å². The molecule has 6 heteroatoms. The molecule has 0 N–H and O–H groups in total. The largest absolute Gasteiger partial charge is 0.496 e. The molecule has 21 heavy (non-hydrogen) atoms. The van der Waals surface area contributed by atoms with Crippen molar-refractivity contribution in [3.05, 3.63) is 51.6 Å². The van der Waals surface area contributed by atoms with E-state index in [1.54, 1.807) is 43.5 Å². The molecule has 3 aromatic rings. The molecular formula is C15H9Cl3N2O. The van der Waals surface area contributed by atoms with Crippen molar-refractivity contribution in [2.45, 2.75) is 0 Å². The van der Waals surface area contributed by atoms with Crippen molar-refractivity contribution >= 4 is 45.8 Å². The van der Waals surface area contributed by atoms with Crippen molar-refractivity contribution in [1.82, 2.24) is 9.97 Å². The lowest BCUT2D eigenvalue weighted by atomic mass is 10.1. The summed E-state index contributed by atoms with van der Waals surface area (Å²) in [5.74, 6) is 0.622. The highest BCUT2D eigenvalue weighted by Crippen LogP contribution is 2.35. The van der Waals surface area contributed by atoms with Crippen molar-refractivity contribution in [2.75, 3.05) is 7.11 Å². The summed E-state index contributed by atoms with van der Waals surface area (Å²) in [7, 11) is 1.58. The van der Waals surface area contributed by atoms with E-state index < -0.39 is 0 Å². The Morgan fingerprint density at radius 2 is 1.57 bits per heavy atom. The smallest absolute Gasteiger partial charge is 0.156 e. The van der Waals surface area contributed by atoms with Crippen LogP contribution in [0.3, 0.4) is 0 Å². The highest BCUT2D eigenvalue weighted by atomic mass is 35.5. The summed E-state index contributed by atoms with van der Waals surface area (Å²) in [6.07, 6.45) is 0. The van der Waals surface area contributed by atoms with Crippen LogP contribution >= 0.6 is 34.8 Å². The molecule has 0 radical (unpaired) electrons. The minimum Gasteiger partial charge on any atom is -0.496 e. The molecule has 2 aromatic carbocycles. The van der Waals surface area contributed by atoms with Crippen LogP contribution in [0.1, 0.15) is 0 Å². The summed E-state index contributed by atoms with van der Waals surface area (Å²) in [6.45, 7) is 0. The zero-order valence-corrected chi connectivity index (χ0v) is 13.2. The van der Waals surface area contributed by atoms with E-state index in [1.807, 2.05) is 0 Å². The van der Waals surface area contributed by atoms with E-state index in [-0.39, 0.29) is 5.15 Å². The average Bonchev–Trinajstić information content (AvgIpc) is 2.47. The number of rotatable bonds is 2. The molecule has 0 aliphatic rings. The van der Waals surface area contributed by atoms with E-state index in [9.17, 15) is 0 Å². The molecule has 0 saturated heterocycles. The quantitative estimate of drug-likeness (QED) is 0.638. The molecule has 0 saturated carbocycles. The number of ether oxygens (including phenoxy) is 1. The normalized spacial score (nSPS) is 10.9. The molecule has 0 aliphatic heterocycles. The van der Waals surface area contributed by atoms with E-state index in [4.69, 9.17) is 39.5 Å². The first-order valence-electron chi connectivity index (χ1n) is 6.05. The fraction of sp³-hybridized carbons (Fsp3) is 0.0667. The minimum atomic E-state index is 0.283. The van der Waals surface area contributed by atoms with Gasteiger partial charge < -0.3 is 4.74 Å². The molecule has 3 nitrogen and oxygen atoms in total. The number of halogens is 3. The zero-order valence-electron chi connectivity index (χ0n) is 10.9. The molecule has 3 rings (SSSR count). The van der Waals surface area contributed by atoms with Crippen molar-refractivity contribution < 1.29 is 4.74 Å². The maximum absolute atomic E-state index is 6.25. The topological polar surface area (TPSA) is 35.0 Å². The number of fused-ring (bicyclic) bond motifs is 1. The molecule has 1 heterocycles. The summed E-state index contributed by atoms with van der Waals surface area (Å²) in [6, 6.07) is 10.5. The van der Waals surface area contributed by atoms with E-state index in [2.05, 4.69) is 9.97 Å². The fourth-order valence-corrected chi connectivity index (χ4v) is 2.62. The number of nitrogens with zero attached hydrogens (tertiary/aromatic N) is 2. The molecule has 0 bridgehead atoms. The second-order valence-corrected chi connectivity index (χ2v) is 5.57. The van der Waals surface area contributed by atoms with Crippen molar-refractivity contribution in [1.29, 1.82) is 0 Å². The zero-order chi connectivity index (χ0) is 15.0. The first kappa shape index (κ1) is 14.4. The number of hydrogen-bond donors (Lipinski definition) is 0. The van der Waals surface area contributed by atoms with Gasteiger partial charge in [0.1, 0.15) is 11.4 Å². The predicted molar refractivity (Wildman–Crippen MR) is 86.6 cm³/mol. The minimum absolute atomic E-state index is 0.283. The Balaban J connectivity index is 2.29. The van der Waals surface area contributed by atoms with Crippen LogP contribution in [0.5, 0.6) is 5.75 Å². The molecule has 0 spiro atoms. The Hall–Kier alpha value is -1.55. The van der Waals surface area contributed by atoms with Gasteiger partial charge in [-0.05, 0) is 36.4 Å². The molecule has 0 unspecified atom stereocenters. The molecule has 0 aliphatic carbocycles. The van der Waals surface area contributed by atoms with Gasteiger partial charge >= 0.3 is 0 Å². The highest BCUT2D eigenvalue weighted by molar-refractivity contribution is 6.33. The molecule has 0 amide bonds. The van der Waals surface area contributed by atoms with Crippen LogP contribution in [0.4, 0.5) is 0 Å². The lowest BCUT2D eigenvalue weighted by molar-refractivity contribution is 0.416. The van der Waals surface area contributed by atoms with Gasteiger partial charge in [-0.25, -0.2) is 9.97 Å². The second-order valence-electron chi connectivity index (χ2n) is 4.34. The average molecular weight is 340 g/mol. The van der Waals surface area contributed by atoms with Gasteiger partial charge in [-0.2, -0.15) is 0 Å². The Morgan fingerprint density at radius 3 is 2.33 bits per heavy atom.